The van der Waals surface area contributed by atoms with Gasteiger partial charge in [-0.25, -0.2) is 0 Å². The van der Waals surface area contributed by atoms with Gasteiger partial charge in [0.1, 0.15) is 5.78 Å². The maximum Gasteiger partial charge on any atom is 0.302 e. The Hall–Kier alpha value is -0.860. The number of carbonyl (C=O) groups excluding carboxylic acids is 2. The number of ether oxygens (including phenoxy) is 1. The summed E-state index contributed by atoms with van der Waals surface area (Å²) in [6.07, 6.45) is 6.90. The van der Waals surface area contributed by atoms with Crippen molar-refractivity contribution < 1.29 is 14.3 Å². The maximum absolute atomic E-state index is 11.2. The monoisotopic (exact) mass is 212 g/mol. The second kappa shape index (κ2) is 6.59. The second-order valence-corrected chi connectivity index (χ2v) is 4.34. The summed E-state index contributed by atoms with van der Waals surface area (Å²) in [4.78, 5) is 21.7. The van der Waals surface area contributed by atoms with Crippen LogP contribution in [-0.4, -0.2) is 18.4 Å². The van der Waals surface area contributed by atoms with Crippen LogP contribution in [0.15, 0.2) is 0 Å². The molecule has 1 rings (SSSR count). The van der Waals surface area contributed by atoms with Gasteiger partial charge in [0.25, 0.3) is 0 Å². The number of esters is 1. The predicted molar refractivity (Wildman–Crippen MR) is 57.4 cm³/mol. The zero-order valence-corrected chi connectivity index (χ0v) is 9.46. The van der Waals surface area contributed by atoms with Crippen LogP contribution >= 0.6 is 0 Å². The number of hydrogen-bond acceptors (Lipinski definition) is 3. The first-order valence-corrected chi connectivity index (χ1v) is 5.83. The van der Waals surface area contributed by atoms with Crippen LogP contribution in [0.5, 0.6) is 0 Å². The van der Waals surface area contributed by atoms with E-state index in [9.17, 15) is 9.59 Å². The van der Waals surface area contributed by atoms with Crippen LogP contribution < -0.4 is 0 Å². The second-order valence-electron chi connectivity index (χ2n) is 4.34. The van der Waals surface area contributed by atoms with Crippen molar-refractivity contribution >= 4 is 11.8 Å². The van der Waals surface area contributed by atoms with Gasteiger partial charge in [-0.15, -0.1) is 0 Å². The highest BCUT2D eigenvalue weighted by Crippen LogP contribution is 2.25. The average molecular weight is 212 g/mol. The van der Waals surface area contributed by atoms with Gasteiger partial charge in [-0.1, -0.05) is 0 Å². The van der Waals surface area contributed by atoms with E-state index >= 15 is 0 Å². The van der Waals surface area contributed by atoms with Crippen molar-refractivity contribution in [1.29, 1.82) is 0 Å². The Morgan fingerprint density at radius 3 is 2.93 bits per heavy atom. The molecule has 1 aliphatic rings. The summed E-state index contributed by atoms with van der Waals surface area (Å²) in [5.41, 5.74) is 0. The van der Waals surface area contributed by atoms with Crippen LogP contribution in [-0.2, 0) is 14.3 Å². The third-order valence-corrected chi connectivity index (χ3v) is 2.90. The molecular weight excluding hydrogens is 192 g/mol. The third kappa shape index (κ3) is 5.55. The quantitative estimate of drug-likeness (QED) is 0.519. The molecule has 1 saturated carbocycles. The van der Waals surface area contributed by atoms with Crippen molar-refractivity contribution in [3.05, 3.63) is 0 Å². The Kier molecular flexibility index (Phi) is 5.37. The van der Waals surface area contributed by atoms with E-state index < -0.39 is 0 Å². The molecule has 0 aromatic rings. The molecule has 0 saturated heterocycles. The Morgan fingerprint density at radius 2 is 2.27 bits per heavy atom. The van der Waals surface area contributed by atoms with Crippen molar-refractivity contribution in [2.45, 2.75) is 51.9 Å². The highest BCUT2D eigenvalue weighted by molar-refractivity contribution is 5.79. The number of hydrogen-bond donors (Lipinski definition) is 0. The number of rotatable bonds is 5. The minimum atomic E-state index is -0.206. The van der Waals surface area contributed by atoms with E-state index in [4.69, 9.17) is 4.74 Å². The molecule has 0 aromatic heterocycles. The summed E-state index contributed by atoms with van der Waals surface area (Å²) >= 11 is 0. The molecule has 0 aromatic carbocycles. The summed E-state index contributed by atoms with van der Waals surface area (Å²) in [6.45, 7) is 1.95. The molecule has 0 aliphatic heterocycles. The molecule has 1 fully saturated rings. The Bertz CT molecular complexity index is 223. The van der Waals surface area contributed by atoms with E-state index in [0.717, 1.165) is 38.5 Å². The van der Waals surface area contributed by atoms with Gasteiger partial charge in [-0.2, -0.15) is 0 Å². The summed E-state index contributed by atoms with van der Waals surface area (Å²) in [7, 11) is 0. The average Bonchev–Trinajstić information content (AvgIpc) is 2.17. The minimum absolute atomic E-state index is 0.206. The molecular formula is C12H20O3. The Balaban J connectivity index is 1.99. The van der Waals surface area contributed by atoms with Crippen LogP contribution in [0.25, 0.3) is 0 Å². The molecule has 1 aliphatic carbocycles. The molecule has 0 heterocycles. The molecule has 0 amide bonds. The van der Waals surface area contributed by atoms with Gasteiger partial charge in [0.15, 0.2) is 0 Å². The lowest BCUT2D eigenvalue weighted by molar-refractivity contribution is -0.141. The lowest BCUT2D eigenvalue weighted by atomic mass is 9.85. The first-order chi connectivity index (χ1) is 7.18. The minimum Gasteiger partial charge on any atom is -0.466 e. The standard InChI is InChI=1S/C12H20O3/c1-10(13)15-8-3-2-5-11-6-4-7-12(14)9-11/h11H,2-9H2,1H3/t11-/m1/s1. The van der Waals surface area contributed by atoms with E-state index in [0.29, 0.717) is 18.3 Å². The van der Waals surface area contributed by atoms with Crippen LogP contribution in [0.1, 0.15) is 51.9 Å². The number of Topliss-reactive ketones (excluding diaryl/α,β-unsaturated/α-hetero) is 1. The highest BCUT2D eigenvalue weighted by Gasteiger charge is 2.18. The lowest BCUT2D eigenvalue weighted by Crippen LogP contribution is -2.15. The van der Waals surface area contributed by atoms with E-state index in [-0.39, 0.29) is 5.97 Å². The molecule has 1 atom stereocenters. The van der Waals surface area contributed by atoms with Crippen molar-refractivity contribution in [2.75, 3.05) is 6.61 Å². The molecule has 0 radical (unpaired) electrons. The normalized spacial score (nSPS) is 21.4. The fourth-order valence-corrected chi connectivity index (χ4v) is 2.11. The van der Waals surface area contributed by atoms with Gasteiger partial charge in [-0.3, -0.25) is 9.59 Å². The van der Waals surface area contributed by atoms with Crippen LogP contribution in [0, 0.1) is 5.92 Å². The molecule has 0 unspecified atom stereocenters. The SMILES string of the molecule is CC(=O)OCCCC[C@@H]1CCCC(=O)C1. The lowest BCUT2D eigenvalue weighted by Gasteiger charge is -2.20. The van der Waals surface area contributed by atoms with Gasteiger partial charge in [0.05, 0.1) is 6.61 Å². The van der Waals surface area contributed by atoms with Gasteiger partial charge in [0.2, 0.25) is 0 Å². The predicted octanol–water partition coefficient (Wildman–Crippen LogP) is 2.48. The fraction of sp³-hybridized carbons (Fsp3) is 0.833. The maximum atomic E-state index is 11.2. The molecule has 3 heteroatoms. The smallest absolute Gasteiger partial charge is 0.302 e. The highest BCUT2D eigenvalue weighted by atomic mass is 16.5. The zero-order chi connectivity index (χ0) is 11.1. The number of unbranched alkanes of at least 4 members (excludes halogenated alkanes) is 1. The fourth-order valence-electron chi connectivity index (χ4n) is 2.11. The molecule has 15 heavy (non-hydrogen) atoms. The van der Waals surface area contributed by atoms with Crippen molar-refractivity contribution in [3.8, 4) is 0 Å². The number of ketones is 1. The van der Waals surface area contributed by atoms with E-state index in [1.165, 1.54) is 13.3 Å². The number of carbonyl (C=O) groups is 2. The van der Waals surface area contributed by atoms with E-state index in [1.807, 2.05) is 0 Å². The van der Waals surface area contributed by atoms with Gasteiger partial charge in [0, 0.05) is 19.8 Å². The van der Waals surface area contributed by atoms with Gasteiger partial charge in [-0.05, 0) is 38.0 Å². The molecule has 0 bridgehead atoms. The summed E-state index contributed by atoms with van der Waals surface area (Å²) in [5.74, 6) is 0.803. The van der Waals surface area contributed by atoms with Crippen LogP contribution in [0.4, 0.5) is 0 Å². The molecule has 86 valence electrons. The van der Waals surface area contributed by atoms with E-state index in [1.54, 1.807) is 0 Å². The van der Waals surface area contributed by atoms with Gasteiger partial charge >= 0.3 is 5.97 Å². The van der Waals surface area contributed by atoms with Crippen LogP contribution in [0.3, 0.4) is 0 Å². The first-order valence-electron chi connectivity index (χ1n) is 5.83. The summed E-state index contributed by atoms with van der Waals surface area (Å²) in [5, 5.41) is 0. The largest absolute Gasteiger partial charge is 0.466 e. The summed E-state index contributed by atoms with van der Waals surface area (Å²) in [6, 6.07) is 0. The first kappa shape index (κ1) is 12.2. The molecule has 3 nitrogen and oxygen atoms in total. The Morgan fingerprint density at radius 1 is 1.47 bits per heavy atom. The third-order valence-electron chi connectivity index (χ3n) is 2.90. The molecule has 0 spiro atoms. The summed E-state index contributed by atoms with van der Waals surface area (Å²) < 4.78 is 4.85. The van der Waals surface area contributed by atoms with Crippen LogP contribution in [0.2, 0.25) is 0 Å². The van der Waals surface area contributed by atoms with Gasteiger partial charge < -0.3 is 4.74 Å². The molecule has 0 N–H and O–H groups in total. The van der Waals surface area contributed by atoms with Crippen molar-refractivity contribution in [2.24, 2.45) is 5.92 Å². The van der Waals surface area contributed by atoms with Crippen molar-refractivity contribution in [3.63, 3.8) is 0 Å². The Labute approximate surface area is 91.2 Å². The zero-order valence-electron chi connectivity index (χ0n) is 9.46. The van der Waals surface area contributed by atoms with E-state index in [2.05, 4.69) is 0 Å². The van der Waals surface area contributed by atoms with Crippen molar-refractivity contribution in [1.82, 2.24) is 0 Å². The topological polar surface area (TPSA) is 43.4 Å².